The molecule has 4 aromatic rings. The molecule has 0 fully saturated rings. The summed E-state index contributed by atoms with van der Waals surface area (Å²) in [6, 6.07) is 16.3. The van der Waals surface area contributed by atoms with Crippen LogP contribution in [0.5, 0.6) is 0 Å². The Morgan fingerprint density at radius 1 is 0.545 bits per heavy atom. The molecule has 0 N–H and O–H groups in total. The second kappa shape index (κ2) is 5.30. The summed E-state index contributed by atoms with van der Waals surface area (Å²) in [7, 11) is 0. The summed E-state index contributed by atoms with van der Waals surface area (Å²) in [5.41, 5.74) is 0. The average Bonchev–Trinajstić information content (AvgIpc) is 3.24. The zero-order valence-corrected chi connectivity index (χ0v) is 13.9. The van der Waals surface area contributed by atoms with E-state index in [4.69, 9.17) is 8.83 Å². The molecule has 2 nitrogen and oxygen atoms in total. The minimum Gasteiger partial charge on any atom is -0.452 e. The number of furan rings is 2. The maximum absolute atomic E-state index is 5.94. The lowest BCUT2D eigenvalue weighted by Crippen LogP contribution is -1.66. The Morgan fingerprint density at radius 3 is 1.32 bits per heavy atom. The average molecular weight is 326 g/mol. The third kappa shape index (κ3) is 2.45. The van der Waals surface area contributed by atoms with Gasteiger partial charge in [-0.25, -0.2) is 0 Å². The predicted molar refractivity (Wildman–Crippen MR) is 92.5 cm³/mol. The van der Waals surface area contributed by atoms with Crippen LogP contribution in [0.4, 0.5) is 0 Å². The number of hydrogen-bond donors (Lipinski definition) is 0. The minimum atomic E-state index is 0.764. The summed E-state index contributed by atoms with van der Waals surface area (Å²) in [5.74, 6) is 3.30. The van der Waals surface area contributed by atoms with Crippen LogP contribution in [0, 0.1) is 13.8 Å². The lowest BCUT2D eigenvalue weighted by atomic mass is 10.3. The van der Waals surface area contributed by atoms with Crippen molar-refractivity contribution in [2.75, 3.05) is 0 Å². The molecule has 0 atom stereocenters. The third-order valence-electron chi connectivity index (χ3n) is 3.42. The molecule has 4 aromatic heterocycles. The SMILES string of the molecule is Cc1ccc(-c2ccc(-c3ccc(-c4ccc(C)s4)o3)o2)s1. The molecule has 0 spiro atoms. The molecule has 0 radical (unpaired) electrons. The molecular weight excluding hydrogens is 312 g/mol. The van der Waals surface area contributed by atoms with Gasteiger partial charge in [-0.15, -0.1) is 22.7 Å². The highest BCUT2D eigenvalue weighted by Gasteiger charge is 2.13. The maximum Gasteiger partial charge on any atom is 0.170 e. The van der Waals surface area contributed by atoms with Gasteiger partial charge in [-0.2, -0.15) is 0 Å². The lowest BCUT2D eigenvalue weighted by molar-refractivity contribution is 0.540. The molecule has 4 heteroatoms. The van der Waals surface area contributed by atoms with Crippen molar-refractivity contribution in [3.05, 3.63) is 58.3 Å². The standard InChI is InChI=1S/C18H14O2S2/c1-11-3-9-17(21-11)15-7-5-13(19-15)14-6-8-16(20-14)18-10-4-12(2)22-18/h3-10H,1-2H3. The highest BCUT2D eigenvalue weighted by atomic mass is 32.1. The first-order valence-electron chi connectivity index (χ1n) is 7.03. The molecule has 0 aliphatic heterocycles. The fourth-order valence-corrected chi connectivity index (χ4v) is 4.00. The van der Waals surface area contributed by atoms with E-state index >= 15 is 0 Å². The molecule has 0 amide bonds. The summed E-state index contributed by atoms with van der Waals surface area (Å²) in [4.78, 5) is 4.84. The van der Waals surface area contributed by atoms with Gasteiger partial charge in [0.05, 0.1) is 9.75 Å². The van der Waals surface area contributed by atoms with Crippen LogP contribution < -0.4 is 0 Å². The van der Waals surface area contributed by atoms with Crippen LogP contribution in [0.1, 0.15) is 9.75 Å². The van der Waals surface area contributed by atoms with Gasteiger partial charge in [-0.05, 0) is 62.4 Å². The lowest BCUT2D eigenvalue weighted by Gasteiger charge is -1.93. The molecule has 0 aliphatic rings. The molecular formula is C18H14O2S2. The van der Waals surface area contributed by atoms with Crippen molar-refractivity contribution in [3.63, 3.8) is 0 Å². The Labute approximate surface area is 136 Å². The van der Waals surface area contributed by atoms with Gasteiger partial charge < -0.3 is 8.83 Å². The Hall–Kier alpha value is -2.04. The Balaban J connectivity index is 1.65. The third-order valence-corrected chi connectivity index (χ3v) is 5.45. The van der Waals surface area contributed by atoms with E-state index in [2.05, 4.69) is 38.1 Å². The fraction of sp³-hybridized carbons (Fsp3) is 0.111. The van der Waals surface area contributed by atoms with E-state index in [0.29, 0.717) is 0 Å². The summed E-state index contributed by atoms with van der Waals surface area (Å²) in [6.45, 7) is 4.19. The van der Waals surface area contributed by atoms with Crippen molar-refractivity contribution < 1.29 is 8.83 Å². The van der Waals surface area contributed by atoms with E-state index in [0.717, 1.165) is 32.8 Å². The van der Waals surface area contributed by atoms with Crippen molar-refractivity contribution in [2.45, 2.75) is 13.8 Å². The largest absolute Gasteiger partial charge is 0.452 e. The van der Waals surface area contributed by atoms with Crippen LogP contribution in [0.25, 0.3) is 32.8 Å². The minimum absolute atomic E-state index is 0.764. The van der Waals surface area contributed by atoms with Crippen LogP contribution in [0.2, 0.25) is 0 Å². The number of aryl methyl sites for hydroxylation is 2. The van der Waals surface area contributed by atoms with E-state index in [1.165, 1.54) is 9.75 Å². The van der Waals surface area contributed by atoms with Gasteiger partial charge in [-0.3, -0.25) is 0 Å². The summed E-state index contributed by atoms with van der Waals surface area (Å²) < 4.78 is 11.9. The number of thiophene rings is 2. The van der Waals surface area contributed by atoms with Crippen molar-refractivity contribution in [3.8, 4) is 32.8 Å². The van der Waals surface area contributed by atoms with Crippen LogP contribution in [-0.4, -0.2) is 0 Å². The summed E-state index contributed by atoms with van der Waals surface area (Å²) >= 11 is 3.46. The second-order valence-corrected chi connectivity index (χ2v) is 7.72. The van der Waals surface area contributed by atoms with E-state index in [9.17, 15) is 0 Å². The molecule has 0 bridgehead atoms. The Kier molecular flexibility index (Phi) is 3.28. The highest BCUT2D eigenvalue weighted by molar-refractivity contribution is 7.15. The van der Waals surface area contributed by atoms with Crippen LogP contribution in [-0.2, 0) is 0 Å². The Morgan fingerprint density at radius 2 is 0.955 bits per heavy atom. The topological polar surface area (TPSA) is 26.3 Å². The molecule has 4 heterocycles. The van der Waals surface area contributed by atoms with Crippen molar-refractivity contribution >= 4 is 22.7 Å². The van der Waals surface area contributed by atoms with E-state index in [-0.39, 0.29) is 0 Å². The molecule has 110 valence electrons. The van der Waals surface area contributed by atoms with Gasteiger partial charge in [0.15, 0.2) is 11.5 Å². The predicted octanol–water partition coefficient (Wildman–Crippen LogP) is 6.61. The molecule has 0 saturated heterocycles. The fourth-order valence-electron chi connectivity index (χ4n) is 2.34. The van der Waals surface area contributed by atoms with Crippen LogP contribution >= 0.6 is 22.7 Å². The number of hydrogen-bond acceptors (Lipinski definition) is 4. The quantitative estimate of drug-likeness (QED) is 0.423. The van der Waals surface area contributed by atoms with Gasteiger partial charge in [0.25, 0.3) is 0 Å². The summed E-state index contributed by atoms with van der Waals surface area (Å²) in [6.07, 6.45) is 0. The van der Waals surface area contributed by atoms with Crippen LogP contribution in [0.15, 0.2) is 57.4 Å². The van der Waals surface area contributed by atoms with Crippen LogP contribution in [0.3, 0.4) is 0 Å². The van der Waals surface area contributed by atoms with Gasteiger partial charge in [0, 0.05) is 9.75 Å². The van der Waals surface area contributed by atoms with Crippen molar-refractivity contribution in [1.82, 2.24) is 0 Å². The maximum atomic E-state index is 5.94. The van der Waals surface area contributed by atoms with E-state index in [1.54, 1.807) is 22.7 Å². The first kappa shape index (κ1) is 13.6. The van der Waals surface area contributed by atoms with Crippen molar-refractivity contribution in [2.24, 2.45) is 0 Å². The van der Waals surface area contributed by atoms with Gasteiger partial charge >= 0.3 is 0 Å². The monoisotopic (exact) mass is 326 g/mol. The highest BCUT2D eigenvalue weighted by Crippen LogP contribution is 2.36. The second-order valence-electron chi connectivity index (χ2n) is 5.15. The number of rotatable bonds is 3. The smallest absolute Gasteiger partial charge is 0.170 e. The van der Waals surface area contributed by atoms with E-state index in [1.807, 2.05) is 24.3 Å². The van der Waals surface area contributed by atoms with Gasteiger partial charge in [-0.1, -0.05) is 0 Å². The first-order valence-corrected chi connectivity index (χ1v) is 8.66. The summed E-state index contributed by atoms with van der Waals surface area (Å²) in [5, 5.41) is 0. The van der Waals surface area contributed by atoms with Gasteiger partial charge in [0.1, 0.15) is 11.5 Å². The Bertz CT molecular complexity index is 844. The zero-order valence-electron chi connectivity index (χ0n) is 12.3. The molecule has 4 rings (SSSR count). The first-order chi connectivity index (χ1) is 10.7. The van der Waals surface area contributed by atoms with E-state index < -0.39 is 0 Å². The molecule has 22 heavy (non-hydrogen) atoms. The normalized spacial score (nSPS) is 11.2. The molecule has 0 unspecified atom stereocenters. The molecule has 0 aromatic carbocycles. The molecule has 0 aliphatic carbocycles. The van der Waals surface area contributed by atoms with Crippen molar-refractivity contribution in [1.29, 1.82) is 0 Å². The zero-order chi connectivity index (χ0) is 15.1. The molecule has 0 saturated carbocycles. The van der Waals surface area contributed by atoms with Gasteiger partial charge in [0.2, 0.25) is 0 Å².